The predicted octanol–water partition coefficient (Wildman–Crippen LogP) is 2.30. The summed E-state index contributed by atoms with van der Waals surface area (Å²) in [5.74, 6) is 0. The molecule has 94 valence electrons. The molecule has 0 spiro atoms. The fourth-order valence-electron chi connectivity index (χ4n) is 1.19. The molecule has 18 heavy (non-hydrogen) atoms. The summed E-state index contributed by atoms with van der Waals surface area (Å²) < 4.78 is 0. The van der Waals surface area contributed by atoms with Gasteiger partial charge in [0.25, 0.3) is 12.4 Å². The lowest BCUT2D eigenvalue weighted by Crippen LogP contribution is -2.08. The van der Waals surface area contributed by atoms with E-state index in [2.05, 4.69) is 0 Å². The summed E-state index contributed by atoms with van der Waals surface area (Å²) >= 11 is 0. The molecule has 0 N–H and O–H groups in total. The van der Waals surface area contributed by atoms with Crippen LogP contribution in [0.2, 0.25) is 0 Å². The molecular formula is C11H11N3O4. The van der Waals surface area contributed by atoms with Crippen molar-refractivity contribution >= 4 is 5.69 Å². The second kappa shape index (κ2) is 6.14. The molecular weight excluding hydrogens is 238 g/mol. The molecule has 1 rings (SSSR count). The van der Waals surface area contributed by atoms with Crippen LogP contribution in [0.3, 0.4) is 0 Å². The number of aryl methyl sites for hydroxylation is 1. The number of nitrogens with zero attached hydrogens (tertiary/aromatic N) is 3. The van der Waals surface area contributed by atoms with Crippen LogP contribution in [0.4, 0.5) is 5.69 Å². The molecule has 0 fully saturated rings. The van der Waals surface area contributed by atoms with Crippen LogP contribution in [0.5, 0.6) is 0 Å². The molecule has 0 aliphatic heterocycles. The van der Waals surface area contributed by atoms with Gasteiger partial charge in [-0.25, -0.2) is 0 Å². The van der Waals surface area contributed by atoms with E-state index in [4.69, 9.17) is 0 Å². The van der Waals surface area contributed by atoms with Crippen molar-refractivity contribution in [2.45, 2.75) is 6.92 Å². The summed E-state index contributed by atoms with van der Waals surface area (Å²) in [6.45, 7) is 1.90. The van der Waals surface area contributed by atoms with Gasteiger partial charge in [0.1, 0.15) is 0 Å². The predicted molar refractivity (Wildman–Crippen MR) is 65.9 cm³/mol. The zero-order valence-electron chi connectivity index (χ0n) is 9.59. The molecule has 0 heterocycles. The lowest BCUT2D eigenvalue weighted by atomic mass is 10.2. The Balaban J connectivity index is 2.99. The standard InChI is InChI=1S/C11H11N3O4/c1-10-2-4-11(5-3-10)12(6-8-13(15)16)7-9-14(17)18/h2-9H,1H3. The van der Waals surface area contributed by atoms with E-state index in [1.54, 1.807) is 12.1 Å². The fraction of sp³-hybridized carbons (Fsp3) is 0.0909. The Kier molecular flexibility index (Phi) is 4.56. The smallest absolute Gasteiger partial charge is 0.250 e. The number of nitro groups is 2. The minimum absolute atomic E-state index is 0.594. The minimum atomic E-state index is -0.638. The van der Waals surface area contributed by atoms with Gasteiger partial charge in [0.15, 0.2) is 0 Å². The molecule has 0 aliphatic rings. The molecule has 0 radical (unpaired) electrons. The topological polar surface area (TPSA) is 89.5 Å². The number of anilines is 1. The fourth-order valence-corrected chi connectivity index (χ4v) is 1.19. The first kappa shape index (κ1) is 13.4. The Bertz CT molecular complexity index is 470. The highest BCUT2D eigenvalue weighted by atomic mass is 16.6. The van der Waals surface area contributed by atoms with Crippen LogP contribution in [0.15, 0.2) is 49.1 Å². The molecule has 0 saturated heterocycles. The first-order valence-corrected chi connectivity index (χ1v) is 4.97. The number of hydrogen-bond acceptors (Lipinski definition) is 5. The number of benzene rings is 1. The van der Waals surface area contributed by atoms with Crippen molar-refractivity contribution in [3.63, 3.8) is 0 Å². The molecule has 7 heteroatoms. The highest BCUT2D eigenvalue weighted by Crippen LogP contribution is 2.16. The summed E-state index contributed by atoms with van der Waals surface area (Å²) in [6.07, 6.45) is 3.71. The highest BCUT2D eigenvalue weighted by molar-refractivity contribution is 5.52. The summed E-state index contributed by atoms with van der Waals surface area (Å²) in [5.41, 5.74) is 1.62. The Morgan fingerprint density at radius 3 is 1.83 bits per heavy atom. The van der Waals surface area contributed by atoms with E-state index in [9.17, 15) is 20.2 Å². The van der Waals surface area contributed by atoms with Gasteiger partial charge in [0, 0.05) is 5.69 Å². The lowest BCUT2D eigenvalue weighted by molar-refractivity contribution is -0.403. The molecule has 0 unspecified atom stereocenters. The zero-order valence-corrected chi connectivity index (χ0v) is 9.59. The average molecular weight is 249 g/mol. The molecule has 7 nitrogen and oxygen atoms in total. The van der Waals surface area contributed by atoms with Gasteiger partial charge in [0.2, 0.25) is 0 Å². The van der Waals surface area contributed by atoms with Crippen molar-refractivity contribution in [3.8, 4) is 0 Å². The van der Waals surface area contributed by atoms with Crippen molar-refractivity contribution in [3.05, 3.63) is 74.9 Å². The normalized spacial score (nSPS) is 10.9. The van der Waals surface area contributed by atoms with E-state index >= 15 is 0 Å². The molecule has 1 aromatic rings. The Morgan fingerprint density at radius 1 is 1.00 bits per heavy atom. The summed E-state index contributed by atoms with van der Waals surface area (Å²) in [4.78, 5) is 20.5. The maximum absolute atomic E-state index is 10.3. The number of rotatable bonds is 5. The van der Waals surface area contributed by atoms with Gasteiger partial charge in [-0.15, -0.1) is 0 Å². The minimum Gasteiger partial charge on any atom is -0.312 e. The van der Waals surface area contributed by atoms with Crippen LogP contribution >= 0.6 is 0 Å². The third-order valence-corrected chi connectivity index (χ3v) is 2.03. The van der Waals surface area contributed by atoms with Gasteiger partial charge >= 0.3 is 0 Å². The third-order valence-electron chi connectivity index (χ3n) is 2.03. The van der Waals surface area contributed by atoms with E-state index in [1.165, 1.54) is 4.90 Å². The van der Waals surface area contributed by atoms with Gasteiger partial charge in [-0.2, -0.15) is 0 Å². The van der Waals surface area contributed by atoms with Gasteiger partial charge in [-0.05, 0) is 19.1 Å². The summed E-state index contributed by atoms with van der Waals surface area (Å²) in [6, 6.07) is 7.04. The molecule has 0 bridgehead atoms. The van der Waals surface area contributed by atoms with Crippen molar-refractivity contribution in [1.29, 1.82) is 0 Å². The van der Waals surface area contributed by atoms with Gasteiger partial charge in [-0.3, -0.25) is 20.2 Å². The monoisotopic (exact) mass is 249 g/mol. The summed E-state index contributed by atoms with van der Waals surface area (Å²) in [5, 5.41) is 20.5. The van der Waals surface area contributed by atoms with E-state index in [0.717, 1.165) is 18.0 Å². The summed E-state index contributed by atoms with van der Waals surface area (Å²) in [7, 11) is 0. The third kappa shape index (κ3) is 4.44. The SMILES string of the molecule is Cc1ccc(N(C=C[N+](=O)[O-])C=C[N+](=O)[O-])cc1. The van der Waals surface area contributed by atoms with E-state index in [0.29, 0.717) is 18.1 Å². The van der Waals surface area contributed by atoms with Crippen molar-refractivity contribution in [2.75, 3.05) is 4.90 Å². The largest absolute Gasteiger partial charge is 0.312 e. The maximum Gasteiger partial charge on any atom is 0.250 e. The van der Waals surface area contributed by atoms with E-state index < -0.39 is 9.85 Å². The van der Waals surface area contributed by atoms with Crippen LogP contribution in [-0.2, 0) is 0 Å². The lowest BCUT2D eigenvalue weighted by Gasteiger charge is -2.12. The van der Waals surface area contributed by atoms with Gasteiger partial charge < -0.3 is 4.90 Å². The zero-order chi connectivity index (χ0) is 13.5. The quantitative estimate of drug-likeness (QED) is 0.590. The van der Waals surface area contributed by atoms with Crippen molar-refractivity contribution < 1.29 is 9.85 Å². The van der Waals surface area contributed by atoms with E-state index in [1.807, 2.05) is 19.1 Å². The van der Waals surface area contributed by atoms with Crippen molar-refractivity contribution in [2.24, 2.45) is 0 Å². The van der Waals surface area contributed by atoms with Gasteiger partial charge in [-0.1, -0.05) is 17.7 Å². The van der Waals surface area contributed by atoms with Crippen LogP contribution in [0.25, 0.3) is 0 Å². The first-order chi connectivity index (χ1) is 8.49. The molecule has 0 atom stereocenters. The van der Waals surface area contributed by atoms with Crippen molar-refractivity contribution in [1.82, 2.24) is 0 Å². The second-order valence-electron chi connectivity index (χ2n) is 3.41. The molecule has 1 aromatic carbocycles. The van der Waals surface area contributed by atoms with Crippen LogP contribution in [-0.4, -0.2) is 9.85 Å². The van der Waals surface area contributed by atoms with E-state index in [-0.39, 0.29) is 0 Å². The Morgan fingerprint density at radius 2 is 1.44 bits per heavy atom. The van der Waals surface area contributed by atoms with Crippen LogP contribution in [0, 0.1) is 27.2 Å². The average Bonchev–Trinajstić information content (AvgIpc) is 2.30. The van der Waals surface area contributed by atoms with Gasteiger partial charge in [0.05, 0.1) is 22.2 Å². The molecule has 0 aliphatic carbocycles. The molecule has 0 amide bonds. The Hall–Kier alpha value is -2.70. The van der Waals surface area contributed by atoms with Crippen LogP contribution in [0.1, 0.15) is 5.56 Å². The number of hydrogen-bond donors (Lipinski definition) is 0. The highest BCUT2D eigenvalue weighted by Gasteiger charge is 2.02. The van der Waals surface area contributed by atoms with Crippen LogP contribution < -0.4 is 4.90 Å². The molecule has 0 aromatic heterocycles. The Labute approximate surface area is 103 Å². The maximum atomic E-state index is 10.3. The molecule has 0 saturated carbocycles. The second-order valence-corrected chi connectivity index (χ2v) is 3.41. The first-order valence-electron chi connectivity index (χ1n) is 4.97.